The van der Waals surface area contributed by atoms with E-state index < -0.39 is 29.2 Å². The SMILES string of the molecule is CO/N=C(\C(=O)N[C@@H]1C(=O)N2C(C(=O)[O-])=C(C=Cc3csc4cncn34)CS[C@H]12)c1csc(N)n1.[Na+]. The van der Waals surface area contributed by atoms with E-state index in [9.17, 15) is 19.5 Å². The number of rotatable bonds is 7. The van der Waals surface area contributed by atoms with Gasteiger partial charge in [-0.1, -0.05) is 11.2 Å². The maximum absolute atomic E-state index is 12.9. The van der Waals surface area contributed by atoms with Gasteiger partial charge in [0.05, 0.1) is 23.6 Å². The van der Waals surface area contributed by atoms with Gasteiger partial charge in [0.1, 0.15) is 35.4 Å². The van der Waals surface area contributed by atoms with Gasteiger partial charge < -0.3 is 25.8 Å². The van der Waals surface area contributed by atoms with E-state index in [-0.39, 0.29) is 51.8 Å². The van der Waals surface area contributed by atoms with Crippen molar-refractivity contribution < 1.29 is 53.9 Å². The molecule has 2 aliphatic heterocycles. The fourth-order valence-corrected chi connectivity index (χ4v) is 6.40. The second kappa shape index (κ2) is 10.7. The quantitative estimate of drug-likeness (QED) is 0.133. The van der Waals surface area contributed by atoms with Gasteiger partial charge in [0.2, 0.25) is 0 Å². The zero-order chi connectivity index (χ0) is 24.7. The summed E-state index contributed by atoms with van der Waals surface area (Å²) in [6.45, 7) is 0. The Bertz CT molecular complexity index is 1440. The molecule has 2 aliphatic rings. The summed E-state index contributed by atoms with van der Waals surface area (Å²) >= 11 is 3.96. The summed E-state index contributed by atoms with van der Waals surface area (Å²) in [7, 11) is 1.27. The summed E-state index contributed by atoms with van der Waals surface area (Å²) in [6.07, 6.45) is 6.82. The van der Waals surface area contributed by atoms with Crippen LogP contribution < -0.4 is 45.7 Å². The van der Waals surface area contributed by atoms with E-state index in [2.05, 4.69) is 20.4 Å². The van der Waals surface area contributed by atoms with Crippen LogP contribution in [0.3, 0.4) is 0 Å². The van der Waals surface area contributed by atoms with Gasteiger partial charge in [-0.15, -0.1) is 34.4 Å². The average molecular weight is 554 g/mol. The van der Waals surface area contributed by atoms with E-state index in [0.717, 1.165) is 26.8 Å². The Hall–Kier alpha value is -2.69. The number of hydrogen-bond donors (Lipinski definition) is 2. The van der Waals surface area contributed by atoms with Gasteiger partial charge in [0, 0.05) is 16.5 Å². The van der Waals surface area contributed by atoms with Crippen molar-refractivity contribution in [2.24, 2.45) is 5.16 Å². The van der Waals surface area contributed by atoms with Crippen molar-refractivity contribution in [3.05, 3.63) is 52.0 Å². The number of aromatic nitrogens is 3. The average Bonchev–Trinajstić information content (AvgIpc) is 3.56. The largest absolute Gasteiger partial charge is 1.00 e. The number of imidazole rings is 1. The number of carbonyl (C=O) groups is 3. The summed E-state index contributed by atoms with van der Waals surface area (Å²) in [5.41, 5.74) is 6.74. The first-order chi connectivity index (χ1) is 16.9. The summed E-state index contributed by atoms with van der Waals surface area (Å²) in [6, 6.07) is -0.951. The Morgan fingerprint density at radius 3 is 2.83 bits per heavy atom. The van der Waals surface area contributed by atoms with Gasteiger partial charge in [-0.05, 0) is 11.6 Å². The van der Waals surface area contributed by atoms with Crippen LogP contribution >= 0.6 is 34.4 Å². The third kappa shape index (κ3) is 4.69. The molecule has 2 atom stereocenters. The topological polar surface area (TPSA) is 167 Å². The number of carboxylic acid groups (broad SMARTS) is 1. The molecule has 3 aromatic heterocycles. The minimum Gasteiger partial charge on any atom is -0.543 e. The van der Waals surface area contributed by atoms with Crippen LogP contribution in [0, 0.1) is 0 Å². The molecule has 0 bridgehead atoms. The number of oxime groups is 1. The van der Waals surface area contributed by atoms with E-state index >= 15 is 0 Å². The number of amides is 2. The van der Waals surface area contributed by atoms with Crippen LogP contribution in [0.1, 0.15) is 11.4 Å². The molecule has 0 aliphatic carbocycles. The van der Waals surface area contributed by atoms with Crippen LogP contribution in [0.4, 0.5) is 5.13 Å². The Kier molecular flexibility index (Phi) is 7.87. The maximum Gasteiger partial charge on any atom is 1.00 e. The number of aliphatic carboxylic acids is 1. The predicted molar refractivity (Wildman–Crippen MR) is 129 cm³/mol. The van der Waals surface area contributed by atoms with Crippen molar-refractivity contribution in [1.82, 2.24) is 24.6 Å². The van der Waals surface area contributed by atoms with Crippen LogP contribution in [0.5, 0.6) is 0 Å². The smallest absolute Gasteiger partial charge is 0.543 e. The first-order valence-corrected chi connectivity index (χ1v) is 12.8. The molecule has 0 spiro atoms. The van der Waals surface area contributed by atoms with Crippen LogP contribution in [0.15, 0.2) is 45.8 Å². The van der Waals surface area contributed by atoms with E-state index in [1.54, 1.807) is 24.7 Å². The first-order valence-electron chi connectivity index (χ1n) is 9.99. The van der Waals surface area contributed by atoms with E-state index in [1.807, 2.05) is 9.78 Å². The second-order valence-electron chi connectivity index (χ2n) is 7.31. The number of nitrogen functional groups attached to an aromatic ring is 1. The van der Waals surface area contributed by atoms with Crippen molar-refractivity contribution in [3.8, 4) is 0 Å². The number of thioether (sulfide) groups is 1. The molecule has 16 heteroatoms. The minimum atomic E-state index is -1.47. The molecule has 5 heterocycles. The standard InChI is InChI=1S/C20H17N7O5S3.Na/c1-32-25-13(11-7-35-20(21)23-11)16(28)24-14-17(29)27-15(19(30)31)9(5-34-18(14)27)2-3-10-6-33-12-4-22-8-26(10)12;/h2-4,6-8,14,18H,5H2,1H3,(H2,21,23)(H,24,28)(H,30,31);/q;+1/p-1/b3-2?,25-13-;/t14-,18-;/m1./s1. The molecule has 12 nitrogen and oxygen atoms in total. The normalized spacial score (nSPS) is 19.8. The zero-order valence-corrected chi connectivity index (χ0v) is 23.4. The molecule has 180 valence electrons. The molecule has 1 saturated heterocycles. The zero-order valence-electron chi connectivity index (χ0n) is 18.9. The third-order valence-corrected chi connectivity index (χ3v) is 8.16. The number of β-lactam (4-membered cyclic amide) rings is 1. The number of carbonyl (C=O) groups excluding carboxylic acids is 3. The van der Waals surface area contributed by atoms with Gasteiger partial charge in [-0.3, -0.25) is 18.9 Å². The van der Waals surface area contributed by atoms with Crippen molar-refractivity contribution in [2.45, 2.75) is 11.4 Å². The number of nitrogens with zero attached hydrogens (tertiary/aromatic N) is 5. The number of allylic oxidation sites excluding steroid dienone is 1. The number of nitrogens with one attached hydrogen (secondary N) is 1. The van der Waals surface area contributed by atoms with Crippen molar-refractivity contribution in [1.29, 1.82) is 0 Å². The summed E-state index contributed by atoms with van der Waals surface area (Å²) in [4.78, 5) is 52.7. The molecule has 0 saturated carbocycles. The molecule has 3 N–H and O–H groups in total. The maximum atomic E-state index is 12.9. The summed E-state index contributed by atoms with van der Waals surface area (Å²) in [5.74, 6) is -2.42. The number of carboxylic acids is 1. The summed E-state index contributed by atoms with van der Waals surface area (Å²) < 4.78 is 1.87. The van der Waals surface area contributed by atoms with Crippen molar-refractivity contribution >= 4 is 74.0 Å². The molecule has 1 fully saturated rings. The molecule has 36 heavy (non-hydrogen) atoms. The third-order valence-electron chi connectivity index (χ3n) is 5.28. The molecule has 2 amide bonds. The predicted octanol–water partition coefficient (Wildman–Crippen LogP) is -3.09. The Morgan fingerprint density at radius 2 is 2.14 bits per heavy atom. The molecule has 5 rings (SSSR count). The number of fused-ring (bicyclic) bond motifs is 2. The van der Waals surface area contributed by atoms with Crippen molar-refractivity contribution in [3.63, 3.8) is 0 Å². The fourth-order valence-electron chi connectivity index (χ4n) is 3.71. The molecular weight excluding hydrogens is 537 g/mol. The van der Waals surface area contributed by atoms with Crippen LogP contribution in [0.25, 0.3) is 10.9 Å². The van der Waals surface area contributed by atoms with Gasteiger partial charge in [-0.2, -0.15) is 0 Å². The van der Waals surface area contributed by atoms with Gasteiger partial charge in [-0.25, -0.2) is 9.97 Å². The fraction of sp³-hybridized carbons (Fsp3) is 0.200. The van der Waals surface area contributed by atoms with Crippen molar-refractivity contribution in [2.75, 3.05) is 18.6 Å². The number of hydrogen-bond acceptors (Lipinski definition) is 12. The van der Waals surface area contributed by atoms with Gasteiger partial charge >= 0.3 is 29.6 Å². The van der Waals surface area contributed by atoms with E-state index in [1.165, 1.54) is 35.6 Å². The summed E-state index contributed by atoms with van der Waals surface area (Å²) in [5, 5.41) is 21.4. The van der Waals surface area contributed by atoms with E-state index in [0.29, 0.717) is 11.3 Å². The Balaban J connectivity index is 0.00000304. The number of thiazole rings is 2. The van der Waals surface area contributed by atoms with Gasteiger partial charge in [0.15, 0.2) is 10.8 Å². The van der Waals surface area contributed by atoms with Gasteiger partial charge in [0.25, 0.3) is 11.8 Å². The molecule has 0 aromatic carbocycles. The first kappa shape index (κ1) is 26.4. The number of nitrogens with two attached hydrogens (primary N) is 1. The molecule has 0 unspecified atom stereocenters. The van der Waals surface area contributed by atoms with E-state index in [4.69, 9.17) is 10.6 Å². The monoisotopic (exact) mass is 553 g/mol. The van der Waals surface area contributed by atoms with Crippen LogP contribution in [-0.2, 0) is 19.2 Å². The van der Waals surface area contributed by atoms with Crippen LogP contribution in [-0.4, -0.2) is 67.0 Å². The minimum absolute atomic E-state index is 0. The Morgan fingerprint density at radius 1 is 1.33 bits per heavy atom. The Labute approximate surface area is 238 Å². The molecular formula is C20H16N7NaO5S3. The number of anilines is 1. The molecule has 0 radical (unpaired) electrons. The molecule has 3 aromatic rings. The van der Waals surface area contributed by atoms with Crippen LogP contribution in [0.2, 0.25) is 0 Å². The second-order valence-corrected chi connectivity index (χ2v) is 10.2.